The van der Waals surface area contributed by atoms with Gasteiger partial charge in [0.1, 0.15) is 12.4 Å². The van der Waals surface area contributed by atoms with Crippen molar-refractivity contribution in [3.05, 3.63) is 65.7 Å². The first-order valence-corrected chi connectivity index (χ1v) is 8.97. The molecule has 0 unspecified atom stereocenters. The Morgan fingerprint density at radius 2 is 1.96 bits per heavy atom. The minimum absolute atomic E-state index is 0.0819. The number of hydrogen-bond acceptors (Lipinski definition) is 3. The van der Waals surface area contributed by atoms with Crippen molar-refractivity contribution >= 4 is 17.7 Å². The highest BCUT2D eigenvalue weighted by Crippen LogP contribution is 2.13. The predicted molar refractivity (Wildman–Crippen MR) is 96.9 cm³/mol. The molecular weight excluding hydrogens is 306 g/mol. The molecule has 0 saturated heterocycles. The molecule has 0 spiro atoms. The van der Waals surface area contributed by atoms with Crippen molar-refractivity contribution < 1.29 is 9.53 Å². The lowest BCUT2D eigenvalue weighted by Crippen LogP contribution is -2.28. The zero-order valence-corrected chi connectivity index (χ0v) is 14.3. The number of carbonyl (C=O) groups excluding carboxylic acids is 1. The van der Waals surface area contributed by atoms with E-state index in [9.17, 15) is 4.79 Å². The van der Waals surface area contributed by atoms with E-state index in [-0.39, 0.29) is 5.91 Å². The van der Waals surface area contributed by atoms with Gasteiger partial charge in [-0.1, -0.05) is 42.5 Å². The molecule has 0 bridgehead atoms. The fourth-order valence-electron chi connectivity index (χ4n) is 2.08. The number of hydrogen-bond donors (Lipinski definition) is 1. The third kappa shape index (κ3) is 7.24. The van der Waals surface area contributed by atoms with Crippen LogP contribution in [0.1, 0.15) is 17.5 Å². The van der Waals surface area contributed by atoms with Gasteiger partial charge in [-0.05, 0) is 30.2 Å². The number of rotatable bonds is 9. The highest BCUT2D eigenvalue weighted by Gasteiger charge is 2.01. The number of nitrogens with one attached hydrogen (secondary N) is 1. The normalized spacial score (nSPS) is 10.3. The smallest absolute Gasteiger partial charge is 0.220 e. The Kier molecular flexibility index (Phi) is 7.54. The minimum atomic E-state index is 0.0819. The van der Waals surface area contributed by atoms with Crippen molar-refractivity contribution in [2.24, 2.45) is 0 Å². The first-order chi connectivity index (χ1) is 11.2. The summed E-state index contributed by atoms with van der Waals surface area (Å²) in [6.07, 6.45) is 0.544. The summed E-state index contributed by atoms with van der Waals surface area (Å²) < 4.78 is 5.60. The predicted octanol–water partition coefficient (Wildman–Crippen LogP) is 3.81. The molecule has 23 heavy (non-hydrogen) atoms. The minimum Gasteiger partial charge on any atom is -0.492 e. The zero-order valence-electron chi connectivity index (χ0n) is 13.5. The number of carbonyl (C=O) groups is 1. The highest BCUT2D eigenvalue weighted by molar-refractivity contribution is 7.98. The van der Waals surface area contributed by atoms with Crippen molar-refractivity contribution in [1.29, 1.82) is 0 Å². The molecule has 0 aliphatic heterocycles. The topological polar surface area (TPSA) is 38.3 Å². The van der Waals surface area contributed by atoms with E-state index in [1.807, 2.05) is 49.4 Å². The van der Waals surface area contributed by atoms with Gasteiger partial charge in [0.25, 0.3) is 0 Å². The van der Waals surface area contributed by atoms with Crippen LogP contribution in [0.25, 0.3) is 0 Å². The number of benzene rings is 2. The molecule has 0 heterocycles. The molecule has 2 aromatic carbocycles. The van der Waals surface area contributed by atoms with Crippen molar-refractivity contribution in [3.8, 4) is 5.75 Å². The Bertz CT molecular complexity index is 601. The van der Waals surface area contributed by atoms with E-state index in [0.29, 0.717) is 19.6 Å². The lowest BCUT2D eigenvalue weighted by molar-refractivity contribution is -0.120. The van der Waals surface area contributed by atoms with Crippen LogP contribution in [0.3, 0.4) is 0 Å². The largest absolute Gasteiger partial charge is 0.492 e. The van der Waals surface area contributed by atoms with Crippen molar-refractivity contribution in [2.45, 2.75) is 19.1 Å². The SMILES string of the molecule is Cc1cccc(OCCNC(=O)CCSCc2ccccc2)c1. The molecule has 0 radical (unpaired) electrons. The summed E-state index contributed by atoms with van der Waals surface area (Å²) in [7, 11) is 0. The summed E-state index contributed by atoms with van der Waals surface area (Å²) in [5.74, 6) is 2.71. The van der Waals surface area contributed by atoms with Gasteiger partial charge in [-0.25, -0.2) is 0 Å². The van der Waals surface area contributed by atoms with Crippen LogP contribution >= 0.6 is 11.8 Å². The second kappa shape index (κ2) is 9.95. The number of amides is 1. The Morgan fingerprint density at radius 1 is 1.13 bits per heavy atom. The van der Waals surface area contributed by atoms with E-state index in [1.165, 1.54) is 11.1 Å². The van der Waals surface area contributed by atoms with Gasteiger partial charge >= 0.3 is 0 Å². The standard InChI is InChI=1S/C19H23NO2S/c1-16-6-5-9-18(14-16)22-12-11-20-19(21)10-13-23-15-17-7-3-2-4-8-17/h2-9,14H,10-13,15H2,1H3,(H,20,21). The molecule has 4 heteroatoms. The van der Waals surface area contributed by atoms with Crippen LogP contribution in [-0.2, 0) is 10.5 Å². The van der Waals surface area contributed by atoms with Crippen LogP contribution in [-0.4, -0.2) is 24.8 Å². The summed E-state index contributed by atoms with van der Waals surface area (Å²) in [6.45, 7) is 3.06. The van der Waals surface area contributed by atoms with Gasteiger partial charge in [0.05, 0.1) is 6.54 Å². The van der Waals surface area contributed by atoms with Gasteiger partial charge < -0.3 is 10.1 Å². The quantitative estimate of drug-likeness (QED) is 0.711. The van der Waals surface area contributed by atoms with E-state index in [4.69, 9.17) is 4.74 Å². The van der Waals surface area contributed by atoms with E-state index in [0.717, 1.165) is 17.3 Å². The fourth-order valence-corrected chi connectivity index (χ4v) is 2.98. The lowest BCUT2D eigenvalue weighted by atomic mass is 10.2. The van der Waals surface area contributed by atoms with E-state index < -0.39 is 0 Å². The molecule has 0 aromatic heterocycles. The molecule has 0 atom stereocenters. The molecular formula is C19H23NO2S. The van der Waals surface area contributed by atoms with Crippen LogP contribution in [0.15, 0.2) is 54.6 Å². The molecule has 1 N–H and O–H groups in total. The Morgan fingerprint density at radius 3 is 2.74 bits per heavy atom. The summed E-state index contributed by atoms with van der Waals surface area (Å²) in [6, 6.07) is 18.2. The number of thioether (sulfide) groups is 1. The molecule has 0 saturated carbocycles. The molecule has 2 aromatic rings. The maximum Gasteiger partial charge on any atom is 0.220 e. The average Bonchev–Trinajstić information content (AvgIpc) is 2.57. The molecule has 122 valence electrons. The lowest BCUT2D eigenvalue weighted by Gasteiger charge is -2.08. The third-order valence-corrected chi connectivity index (χ3v) is 4.30. The summed E-state index contributed by atoms with van der Waals surface area (Å²) >= 11 is 1.78. The van der Waals surface area contributed by atoms with Gasteiger partial charge in [-0.3, -0.25) is 4.79 Å². The van der Waals surface area contributed by atoms with Crippen molar-refractivity contribution in [1.82, 2.24) is 5.32 Å². The van der Waals surface area contributed by atoms with Gasteiger partial charge in [-0.15, -0.1) is 0 Å². The number of aryl methyl sites for hydroxylation is 1. The highest BCUT2D eigenvalue weighted by atomic mass is 32.2. The summed E-state index contributed by atoms with van der Waals surface area (Å²) in [5.41, 5.74) is 2.46. The Labute approximate surface area is 142 Å². The summed E-state index contributed by atoms with van der Waals surface area (Å²) in [5, 5.41) is 2.89. The second-order valence-electron chi connectivity index (χ2n) is 5.30. The third-order valence-electron chi connectivity index (χ3n) is 3.27. The fraction of sp³-hybridized carbons (Fsp3) is 0.316. The van der Waals surface area contributed by atoms with Crippen LogP contribution < -0.4 is 10.1 Å². The molecule has 1 amide bonds. The van der Waals surface area contributed by atoms with Crippen molar-refractivity contribution in [2.75, 3.05) is 18.9 Å². The zero-order chi connectivity index (χ0) is 16.3. The molecule has 3 nitrogen and oxygen atoms in total. The van der Waals surface area contributed by atoms with Crippen LogP contribution in [0.5, 0.6) is 5.75 Å². The monoisotopic (exact) mass is 329 g/mol. The second-order valence-corrected chi connectivity index (χ2v) is 6.41. The van der Waals surface area contributed by atoms with Gasteiger partial charge in [0.15, 0.2) is 0 Å². The first kappa shape index (κ1) is 17.4. The summed E-state index contributed by atoms with van der Waals surface area (Å²) in [4.78, 5) is 11.7. The van der Waals surface area contributed by atoms with E-state index in [1.54, 1.807) is 11.8 Å². The van der Waals surface area contributed by atoms with Gasteiger partial charge in [0.2, 0.25) is 5.91 Å². The number of ether oxygens (including phenoxy) is 1. The Balaban J connectivity index is 1.52. The van der Waals surface area contributed by atoms with E-state index >= 15 is 0 Å². The average molecular weight is 329 g/mol. The van der Waals surface area contributed by atoms with Gasteiger partial charge in [0, 0.05) is 17.9 Å². The van der Waals surface area contributed by atoms with Crippen LogP contribution in [0.2, 0.25) is 0 Å². The van der Waals surface area contributed by atoms with Crippen LogP contribution in [0, 0.1) is 6.92 Å². The van der Waals surface area contributed by atoms with Gasteiger partial charge in [-0.2, -0.15) is 11.8 Å². The molecule has 0 fully saturated rings. The van der Waals surface area contributed by atoms with Crippen LogP contribution in [0.4, 0.5) is 0 Å². The maximum atomic E-state index is 11.7. The molecule has 2 rings (SSSR count). The van der Waals surface area contributed by atoms with Crippen molar-refractivity contribution in [3.63, 3.8) is 0 Å². The molecule has 0 aliphatic rings. The molecule has 0 aliphatic carbocycles. The maximum absolute atomic E-state index is 11.7. The Hall–Kier alpha value is -1.94. The van der Waals surface area contributed by atoms with E-state index in [2.05, 4.69) is 17.4 Å². The first-order valence-electron chi connectivity index (χ1n) is 7.82.